The summed E-state index contributed by atoms with van der Waals surface area (Å²) in [7, 11) is 0. The summed E-state index contributed by atoms with van der Waals surface area (Å²) in [5.41, 5.74) is 6.01. The van der Waals surface area contributed by atoms with Gasteiger partial charge in [-0.3, -0.25) is 0 Å². The third-order valence-corrected chi connectivity index (χ3v) is 3.02. The largest absolute Gasteiger partial charge is 0.313 e. The van der Waals surface area contributed by atoms with Crippen molar-refractivity contribution in [2.24, 2.45) is 5.73 Å². The minimum absolute atomic E-state index is 0.428. The van der Waals surface area contributed by atoms with Crippen molar-refractivity contribution in [1.82, 2.24) is 0 Å². The van der Waals surface area contributed by atoms with Gasteiger partial charge in [0.15, 0.2) is 0 Å². The summed E-state index contributed by atoms with van der Waals surface area (Å²) >= 11 is 6.23. The van der Waals surface area contributed by atoms with E-state index in [-0.39, 0.29) is 0 Å². The first kappa shape index (κ1) is 14.2. The van der Waals surface area contributed by atoms with Gasteiger partial charge in [0.05, 0.1) is 5.00 Å². The summed E-state index contributed by atoms with van der Waals surface area (Å²) < 4.78 is 0. The van der Waals surface area contributed by atoms with Crippen LogP contribution in [0, 0.1) is 0 Å². The maximum absolute atomic E-state index is 6.23. The van der Waals surface area contributed by atoms with Gasteiger partial charge < -0.3 is 5.73 Å². The second-order valence-corrected chi connectivity index (χ2v) is 5.06. The molecule has 0 bridgehead atoms. The van der Waals surface area contributed by atoms with E-state index in [1.54, 1.807) is 0 Å². The Labute approximate surface area is 94.4 Å². The highest BCUT2D eigenvalue weighted by atomic mass is 35.5. The van der Waals surface area contributed by atoms with E-state index in [0.29, 0.717) is 0 Å². The van der Waals surface area contributed by atoms with Gasteiger partial charge in [-0.05, 0) is 12.8 Å². The molecule has 0 saturated carbocycles. The number of unbranched alkanes of at least 4 members (excludes halogenated alkanes) is 5. The lowest BCUT2D eigenvalue weighted by Gasteiger charge is -2.21. The molecule has 0 spiro atoms. The molecule has 0 amide bonds. The van der Waals surface area contributed by atoms with E-state index in [1.165, 1.54) is 44.9 Å². The van der Waals surface area contributed by atoms with Crippen molar-refractivity contribution in [3.05, 3.63) is 0 Å². The van der Waals surface area contributed by atoms with Crippen LogP contribution in [0.15, 0.2) is 0 Å². The molecule has 0 fully saturated rings. The van der Waals surface area contributed by atoms with Crippen molar-refractivity contribution in [3.8, 4) is 0 Å². The molecule has 0 heterocycles. The number of hydrogen-bond acceptors (Lipinski definition) is 1. The number of alkyl halides is 1. The summed E-state index contributed by atoms with van der Waals surface area (Å²) in [6.07, 6.45) is 10.6. The molecular weight excluding hydrogens is 194 g/mol. The van der Waals surface area contributed by atoms with Crippen LogP contribution >= 0.6 is 11.6 Å². The second-order valence-electron chi connectivity index (χ2n) is 4.30. The third-order valence-electron chi connectivity index (χ3n) is 2.64. The molecule has 0 aliphatic heterocycles. The second kappa shape index (κ2) is 8.55. The molecule has 0 aliphatic rings. The number of rotatable bonds is 9. The Morgan fingerprint density at radius 1 is 0.857 bits per heavy atom. The van der Waals surface area contributed by atoms with E-state index >= 15 is 0 Å². The molecule has 14 heavy (non-hydrogen) atoms. The van der Waals surface area contributed by atoms with E-state index in [1.807, 2.05) is 0 Å². The van der Waals surface area contributed by atoms with Crippen LogP contribution < -0.4 is 5.73 Å². The van der Waals surface area contributed by atoms with Crippen molar-refractivity contribution in [2.75, 3.05) is 0 Å². The van der Waals surface area contributed by atoms with Crippen LogP contribution in [-0.2, 0) is 0 Å². The zero-order valence-corrected chi connectivity index (χ0v) is 10.6. The third kappa shape index (κ3) is 8.83. The zero-order chi connectivity index (χ0) is 10.9. The SMILES string of the molecule is CCCCCCC(N)(Cl)CCCCC. The van der Waals surface area contributed by atoms with Gasteiger partial charge in [-0.15, -0.1) is 11.6 Å². The Kier molecular flexibility index (Phi) is 8.70. The molecule has 0 aromatic heterocycles. The molecule has 0 radical (unpaired) electrons. The molecule has 0 aromatic rings. The van der Waals surface area contributed by atoms with Crippen molar-refractivity contribution in [3.63, 3.8) is 0 Å². The molecule has 0 rings (SSSR count). The van der Waals surface area contributed by atoms with Crippen molar-refractivity contribution < 1.29 is 0 Å². The highest BCUT2D eigenvalue weighted by molar-refractivity contribution is 6.23. The van der Waals surface area contributed by atoms with Gasteiger partial charge >= 0.3 is 0 Å². The van der Waals surface area contributed by atoms with Gasteiger partial charge in [0, 0.05) is 0 Å². The van der Waals surface area contributed by atoms with Gasteiger partial charge in [0.2, 0.25) is 0 Å². The average Bonchev–Trinajstić information content (AvgIpc) is 2.13. The van der Waals surface area contributed by atoms with E-state index in [0.717, 1.165) is 12.8 Å². The molecule has 1 atom stereocenters. The van der Waals surface area contributed by atoms with E-state index in [2.05, 4.69) is 13.8 Å². The minimum Gasteiger partial charge on any atom is -0.313 e. The highest BCUT2D eigenvalue weighted by Crippen LogP contribution is 2.23. The Bertz CT molecular complexity index is 123. The van der Waals surface area contributed by atoms with Gasteiger partial charge in [0.1, 0.15) is 0 Å². The van der Waals surface area contributed by atoms with Gasteiger partial charge in [-0.2, -0.15) is 0 Å². The standard InChI is InChI=1S/C12H26ClN/c1-3-5-7-9-11-12(13,14)10-8-6-4-2/h3-11,14H2,1-2H3. The van der Waals surface area contributed by atoms with Gasteiger partial charge in [-0.25, -0.2) is 0 Å². The summed E-state index contributed by atoms with van der Waals surface area (Å²) in [5.74, 6) is 0. The molecule has 2 heteroatoms. The zero-order valence-electron chi connectivity index (χ0n) is 9.82. The first-order valence-electron chi connectivity index (χ1n) is 6.10. The van der Waals surface area contributed by atoms with E-state index in [9.17, 15) is 0 Å². The fourth-order valence-electron chi connectivity index (χ4n) is 1.64. The fourth-order valence-corrected chi connectivity index (χ4v) is 1.91. The molecule has 0 aromatic carbocycles. The summed E-state index contributed by atoms with van der Waals surface area (Å²) in [6.45, 7) is 4.42. The molecule has 0 saturated heterocycles. The Morgan fingerprint density at radius 2 is 1.29 bits per heavy atom. The lowest BCUT2D eigenvalue weighted by Crippen LogP contribution is -2.32. The number of halogens is 1. The highest BCUT2D eigenvalue weighted by Gasteiger charge is 2.19. The van der Waals surface area contributed by atoms with Crippen molar-refractivity contribution >= 4 is 11.6 Å². The van der Waals surface area contributed by atoms with Crippen molar-refractivity contribution in [2.45, 2.75) is 76.6 Å². The van der Waals surface area contributed by atoms with Crippen LogP contribution in [0.5, 0.6) is 0 Å². The van der Waals surface area contributed by atoms with Crippen LogP contribution in [0.3, 0.4) is 0 Å². The number of nitrogens with two attached hydrogens (primary N) is 1. The molecule has 1 nitrogen and oxygen atoms in total. The monoisotopic (exact) mass is 219 g/mol. The van der Waals surface area contributed by atoms with Crippen LogP contribution in [0.4, 0.5) is 0 Å². The lowest BCUT2D eigenvalue weighted by atomic mass is 10.0. The predicted octanol–water partition coefficient (Wildman–Crippen LogP) is 4.43. The summed E-state index contributed by atoms with van der Waals surface area (Å²) in [4.78, 5) is -0.428. The van der Waals surface area contributed by atoms with Gasteiger partial charge in [0.25, 0.3) is 0 Å². The maximum Gasteiger partial charge on any atom is 0.0910 e. The van der Waals surface area contributed by atoms with Crippen LogP contribution in [0.25, 0.3) is 0 Å². The normalized spacial score (nSPS) is 15.4. The topological polar surface area (TPSA) is 26.0 Å². The first-order chi connectivity index (χ1) is 6.62. The molecule has 86 valence electrons. The number of hydrogen-bond donors (Lipinski definition) is 1. The molecule has 0 aliphatic carbocycles. The average molecular weight is 220 g/mol. The van der Waals surface area contributed by atoms with E-state index < -0.39 is 5.00 Å². The molecular formula is C12H26ClN. The Balaban J connectivity index is 3.40. The Hall–Kier alpha value is 0.250. The quantitative estimate of drug-likeness (QED) is 0.347. The minimum atomic E-state index is -0.428. The fraction of sp³-hybridized carbons (Fsp3) is 1.00. The van der Waals surface area contributed by atoms with Crippen molar-refractivity contribution in [1.29, 1.82) is 0 Å². The van der Waals surface area contributed by atoms with Crippen LogP contribution in [-0.4, -0.2) is 5.00 Å². The maximum atomic E-state index is 6.23. The summed E-state index contributed by atoms with van der Waals surface area (Å²) in [6, 6.07) is 0. The molecule has 1 unspecified atom stereocenters. The Morgan fingerprint density at radius 3 is 1.79 bits per heavy atom. The van der Waals surface area contributed by atoms with Crippen LogP contribution in [0.2, 0.25) is 0 Å². The smallest absolute Gasteiger partial charge is 0.0910 e. The van der Waals surface area contributed by atoms with E-state index in [4.69, 9.17) is 17.3 Å². The molecule has 2 N–H and O–H groups in total. The lowest BCUT2D eigenvalue weighted by molar-refractivity contribution is 0.453. The predicted molar refractivity (Wildman–Crippen MR) is 65.7 cm³/mol. The van der Waals surface area contributed by atoms with Crippen LogP contribution in [0.1, 0.15) is 71.6 Å². The summed E-state index contributed by atoms with van der Waals surface area (Å²) in [5, 5.41) is 0. The first-order valence-corrected chi connectivity index (χ1v) is 6.48. The van der Waals surface area contributed by atoms with Gasteiger partial charge in [-0.1, -0.05) is 58.8 Å².